The minimum Gasteiger partial charge on any atom is -0.493 e. The lowest BCUT2D eigenvalue weighted by Crippen LogP contribution is -2.31. The van der Waals surface area contributed by atoms with Crippen molar-refractivity contribution in [1.82, 2.24) is 15.0 Å². The Labute approximate surface area is 197 Å². The number of ether oxygens (including phenoxy) is 3. The number of pyridine rings is 2. The topological polar surface area (TPSA) is 79.0 Å². The van der Waals surface area contributed by atoms with Crippen molar-refractivity contribution in [3.8, 4) is 11.5 Å². The van der Waals surface area contributed by atoms with Crippen LogP contribution in [0.15, 0.2) is 42.9 Å². The number of rotatable bonds is 4. The van der Waals surface area contributed by atoms with Gasteiger partial charge in [-0.15, -0.1) is 0 Å². The predicted molar refractivity (Wildman–Crippen MR) is 122 cm³/mol. The van der Waals surface area contributed by atoms with E-state index in [1.807, 2.05) is 11.0 Å². The Hall–Kier alpha value is -3.63. The first-order valence-corrected chi connectivity index (χ1v) is 10.8. The minimum atomic E-state index is -0.842. The molecule has 4 aromatic rings. The van der Waals surface area contributed by atoms with Gasteiger partial charge in [0.05, 0.1) is 24.9 Å². The van der Waals surface area contributed by atoms with Gasteiger partial charge in [0.2, 0.25) is 0 Å². The van der Waals surface area contributed by atoms with Gasteiger partial charge in [-0.3, -0.25) is 4.90 Å². The van der Waals surface area contributed by atoms with Crippen LogP contribution in [0, 0.1) is 11.6 Å². The van der Waals surface area contributed by atoms with E-state index in [1.165, 1.54) is 25.2 Å². The number of nitrogens with zero attached hydrogens (tertiary/aromatic N) is 4. The molecule has 174 valence electrons. The van der Waals surface area contributed by atoms with Gasteiger partial charge in [-0.2, -0.15) is 0 Å². The zero-order valence-corrected chi connectivity index (χ0v) is 18.8. The van der Waals surface area contributed by atoms with Crippen LogP contribution in [0.4, 0.5) is 26.0 Å². The summed E-state index contributed by atoms with van der Waals surface area (Å²) < 4.78 is 47.1. The molecule has 5 heterocycles. The van der Waals surface area contributed by atoms with Gasteiger partial charge in [0.1, 0.15) is 17.2 Å². The molecule has 1 aromatic carbocycles. The highest BCUT2D eigenvalue weighted by Crippen LogP contribution is 2.49. The van der Waals surface area contributed by atoms with Crippen LogP contribution < -0.4 is 19.3 Å². The van der Waals surface area contributed by atoms with Crippen LogP contribution >= 0.6 is 11.6 Å². The van der Waals surface area contributed by atoms with Gasteiger partial charge in [-0.05, 0) is 18.2 Å². The Bertz CT molecular complexity index is 1390. The molecule has 2 unspecified atom stereocenters. The first-order chi connectivity index (χ1) is 16.5. The summed E-state index contributed by atoms with van der Waals surface area (Å²) in [6, 6.07) is 6.58. The number of halogens is 3. The fourth-order valence-corrected chi connectivity index (χ4v) is 4.55. The molecule has 0 amide bonds. The van der Waals surface area contributed by atoms with Crippen LogP contribution in [0.25, 0.3) is 11.0 Å². The van der Waals surface area contributed by atoms with E-state index in [1.54, 1.807) is 30.7 Å². The van der Waals surface area contributed by atoms with Crippen LogP contribution in [0.5, 0.6) is 11.5 Å². The number of anilines is 3. The van der Waals surface area contributed by atoms with E-state index in [0.29, 0.717) is 16.5 Å². The maximum atomic E-state index is 15.4. The molecule has 2 atom stereocenters. The van der Waals surface area contributed by atoms with Gasteiger partial charge >= 0.3 is 0 Å². The number of aromatic nitrogens is 3. The summed E-state index contributed by atoms with van der Waals surface area (Å²) in [6.45, 7) is 0.124. The highest BCUT2D eigenvalue weighted by molar-refractivity contribution is 6.30. The molecule has 0 radical (unpaired) electrons. The summed E-state index contributed by atoms with van der Waals surface area (Å²) in [7, 11) is 2.63. The lowest BCUT2D eigenvalue weighted by molar-refractivity contribution is 0.345. The minimum absolute atomic E-state index is 0.124. The Balaban J connectivity index is 1.56. The molecule has 8 nitrogen and oxygen atoms in total. The van der Waals surface area contributed by atoms with Crippen molar-refractivity contribution in [2.75, 3.05) is 24.0 Å². The van der Waals surface area contributed by atoms with Crippen molar-refractivity contribution >= 4 is 39.8 Å². The van der Waals surface area contributed by atoms with Crippen molar-refractivity contribution in [1.29, 1.82) is 0 Å². The Morgan fingerprint density at radius 2 is 1.79 bits per heavy atom. The molecule has 0 saturated carbocycles. The fourth-order valence-electron chi connectivity index (χ4n) is 4.44. The van der Waals surface area contributed by atoms with Crippen LogP contribution in [0.1, 0.15) is 5.56 Å². The van der Waals surface area contributed by atoms with E-state index in [4.69, 9.17) is 25.8 Å². The average Bonchev–Trinajstić information content (AvgIpc) is 3.49. The Morgan fingerprint density at radius 3 is 2.47 bits per heavy atom. The molecule has 1 saturated heterocycles. The summed E-state index contributed by atoms with van der Waals surface area (Å²) in [5.41, 5.74) is 1.89. The number of nitrogens with one attached hydrogen (secondary N) is 1. The molecule has 6 rings (SSSR count). The summed E-state index contributed by atoms with van der Waals surface area (Å²) >= 11 is 6.06. The van der Waals surface area contributed by atoms with E-state index in [2.05, 4.69) is 15.0 Å². The number of benzene rings is 1. The third-order valence-electron chi connectivity index (χ3n) is 6.02. The number of methoxy groups -OCH3 is 2. The van der Waals surface area contributed by atoms with Gasteiger partial charge in [0.15, 0.2) is 35.6 Å². The van der Waals surface area contributed by atoms with Crippen LogP contribution in [0.2, 0.25) is 5.02 Å². The first-order valence-electron chi connectivity index (χ1n) is 10.4. The van der Waals surface area contributed by atoms with Crippen molar-refractivity contribution in [2.24, 2.45) is 0 Å². The van der Waals surface area contributed by atoms with Crippen molar-refractivity contribution in [2.45, 2.75) is 19.0 Å². The molecular formula is C23H18ClF2N5O3. The molecule has 11 heteroatoms. The second kappa shape index (κ2) is 7.71. The third kappa shape index (κ3) is 3.06. The van der Waals surface area contributed by atoms with E-state index in [0.717, 1.165) is 16.6 Å². The molecular weight excluding hydrogens is 468 g/mol. The lowest BCUT2D eigenvalue weighted by Gasteiger charge is -2.25. The summed E-state index contributed by atoms with van der Waals surface area (Å²) in [5.74, 6) is -1.37. The largest absolute Gasteiger partial charge is 0.493 e. The maximum Gasteiger partial charge on any atom is 0.191 e. The predicted octanol–water partition coefficient (Wildman–Crippen LogP) is 4.75. The molecule has 0 spiro atoms. The van der Waals surface area contributed by atoms with Crippen LogP contribution in [0.3, 0.4) is 0 Å². The number of hydrogen-bond donors (Lipinski definition) is 1. The van der Waals surface area contributed by atoms with Gasteiger partial charge in [-0.1, -0.05) is 11.6 Å². The smallest absolute Gasteiger partial charge is 0.191 e. The van der Waals surface area contributed by atoms with E-state index >= 15 is 8.78 Å². The standard InChI is InChI=1S/C23H18ClF2N5O3/c1-32-14-7-15(33-2)18(26)20(17(14)25)30-10-11-8-29-21-13(5-6-27-21)19(11)31(23-22(30)34-23)16-4-3-12(24)9-28-16/h3-9,22-23H,10H2,1-2H3,(H,27,29). The molecule has 34 heavy (non-hydrogen) atoms. The molecule has 2 aliphatic heterocycles. The fraction of sp³-hybridized carbons (Fsp3) is 0.217. The van der Waals surface area contributed by atoms with Crippen molar-refractivity contribution in [3.63, 3.8) is 0 Å². The zero-order chi connectivity index (χ0) is 23.6. The number of fused-ring (bicyclic) bond motifs is 4. The van der Waals surface area contributed by atoms with E-state index < -0.39 is 24.1 Å². The second-order valence-electron chi connectivity index (χ2n) is 7.88. The quantitative estimate of drug-likeness (QED) is 0.418. The average molecular weight is 486 g/mol. The van der Waals surface area contributed by atoms with E-state index in [9.17, 15) is 0 Å². The molecule has 2 aliphatic rings. The summed E-state index contributed by atoms with van der Waals surface area (Å²) in [4.78, 5) is 15.5. The molecule has 3 aromatic heterocycles. The van der Waals surface area contributed by atoms with Gasteiger partial charge in [0, 0.05) is 42.2 Å². The van der Waals surface area contributed by atoms with Crippen LogP contribution in [-0.4, -0.2) is 41.6 Å². The Morgan fingerprint density at radius 1 is 1.03 bits per heavy atom. The SMILES string of the molecule is COc1cc(OC)c(F)c(N2Cc3cnc4[nH]ccc4c3N(c3ccc(Cl)cn3)C3OC32)c1F. The molecule has 1 N–H and O–H groups in total. The van der Waals surface area contributed by atoms with Gasteiger partial charge < -0.3 is 24.1 Å². The molecule has 0 bridgehead atoms. The van der Waals surface area contributed by atoms with Gasteiger partial charge in [-0.25, -0.2) is 18.7 Å². The highest BCUT2D eigenvalue weighted by atomic mass is 35.5. The molecule has 1 fully saturated rings. The van der Waals surface area contributed by atoms with Crippen LogP contribution in [-0.2, 0) is 11.3 Å². The number of epoxide rings is 1. The number of aromatic amines is 1. The van der Waals surface area contributed by atoms with Crippen molar-refractivity contribution in [3.05, 3.63) is 65.1 Å². The maximum absolute atomic E-state index is 15.4. The third-order valence-corrected chi connectivity index (χ3v) is 6.24. The monoisotopic (exact) mass is 485 g/mol. The normalized spacial score (nSPS) is 19.0. The number of H-pyrrole nitrogens is 1. The summed E-state index contributed by atoms with van der Waals surface area (Å²) in [6.07, 6.45) is 3.78. The van der Waals surface area contributed by atoms with Gasteiger partial charge in [0.25, 0.3) is 0 Å². The zero-order valence-electron chi connectivity index (χ0n) is 18.1. The summed E-state index contributed by atoms with van der Waals surface area (Å²) in [5, 5.41) is 1.32. The lowest BCUT2D eigenvalue weighted by atomic mass is 10.1. The molecule has 0 aliphatic carbocycles. The number of hydrogen-bond acceptors (Lipinski definition) is 7. The first kappa shape index (κ1) is 20.9. The highest BCUT2D eigenvalue weighted by Gasteiger charge is 2.53. The second-order valence-corrected chi connectivity index (χ2v) is 8.32. The van der Waals surface area contributed by atoms with E-state index in [-0.39, 0.29) is 23.7 Å². The Kier molecular flexibility index (Phi) is 4.75. The van der Waals surface area contributed by atoms with Crippen molar-refractivity contribution < 1.29 is 23.0 Å².